The molecule has 0 saturated carbocycles. The number of aromatic nitrogens is 1. The molecule has 0 saturated heterocycles. The maximum atomic E-state index is 10.2. The molecule has 0 bridgehead atoms. The second kappa shape index (κ2) is 4.87. The molecule has 1 aromatic heterocycles. The van der Waals surface area contributed by atoms with Gasteiger partial charge < -0.3 is 4.57 Å². The highest BCUT2D eigenvalue weighted by Gasteiger charge is 2.07. The molecule has 2 rings (SSSR count). The van der Waals surface area contributed by atoms with Gasteiger partial charge in [0.15, 0.2) is 0 Å². The van der Waals surface area contributed by atoms with Crippen molar-refractivity contribution in [2.24, 2.45) is 0 Å². The molecule has 0 aliphatic heterocycles. The topological polar surface area (TPSA) is 48.1 Å². The van der Waals surface area contributed by atoms with Gasteiger partial charge in [0.1, 0.15) is 0 Å². The van der Waals surface area contributed by atoms with Gasteiger partial charge >= 0.3 is 0 Å². The standard InChI is InChI=1S/C14H14N2O2/c1-11-12(2)15(9-5-6-10-16(17)18)14-8-4-3-7-13(11)14/h3-10H,1-2H3/b9-5+,10-6+. The molecule has 0 radical (unpaired) electrons. The molecule has 4 nitrogen and oxygen atoms in total. The molecule has 0 aliphatic carbocycles. The maximum absolute atomic E-state index is 10.2. The fourth-order valence-corrected chi connectivity index (χ4v) is 2.00. The van der Waals surface area contributed by atoms with Crippen molar-refractivity contribution in [1.82, 2.24) is 4.57 Å². The van der Waals surface area contributed by atoms with Gasteiger partial charge in [0.2, 0.25) is 6.20 Å². The summed E-state index contributed by atoms with van der Waals surface area (Å²) in [7, 11) is 0. The number of rotatable bonds is 3. The van der Waals surface area contributed by atoms with E-state index in [1.807, 2.05) is 35.9 Å². The Balaban J connectivity index is 2.45. The highest BCUT2D eigenvalue weighted by Crippen LogP contribution is 2.24. The Kier molecular flexibility index (Phi) is 3.28. The van der Waals surface area contributed by atoms with E-state index in [4.69, 9.17) is 0 Å². The van der Waals surface area contributed by atoms with Crippen LogP contribution >= 0.6 is 0 Å². The Morgan fingerprint density at radius 2 is 1.94 bits per heavy atom. The summed E-state index contributed by atoms with van der Waals surface area (Å²) >= 11 is 0. The Morgan fingerprint density at radius 1 is 1.22 bits per heavy atom. The number of nitro groups is 1. The molecule has 92 valence electrons. The van der Waals surface area contributed by atoms with E-state index < -0.39 is 4.92 Å². The monoisotopic (exact) mass is 242 g/mol. The van der Waals surface area contributed by atoms with Gasteiger partial charge in [-0.3, -0.25) is 10.1 Å². The first kappa shape index (κ1) is 12.1. The van der Waals surface area contributed by atoms with Gasteiger partial charge in [-0.25, -0.2) is 0 Å². The summed E-state index contributed by atoms with van der Waals surface area (Å²) in [5.41, 5.74) is 3.48. The highest BCUT2D eigenvalue weighted by atomic mass is 16.6. The quantitative estimate of drug-likeness (QED) is 0.469. The molecule has 0 fully saturated rings. The number of nitrogens with zero attached hydrogens (tertiary/aromatic N) is 2. The number of hydrogen-bond donors (Lipinski definition) is 0. The molecule has 1 heterocycles. The average Bonchev–Trinajstić information content (AvgIpc) is 2.59. The largest absolute Gasteiger partial charge is 0.320 e. The Bertz CT molecular complexity index is 651. The SMILES string of the molecule is Cc1c(C)n(/C=C/C=C/[N+](=O)[O-])c2ccccc12. The van der Waals surface area contributed by atoms with Gasteiger partial charge in [0, 0.05) is 23.4 Å². The van der Waals surface area contributed by atoms with Crippen molar-refractivity contribution in [2.75, 3.05) is 0 Å². The number of allylic oxidation sites excluding steroid dienone is 2. The summed E-state index contributed by atoms with van der Waals surface area (Å²) in [4.78, 5) is 9.70. The minimum absolute atomic E-state index is 0.476. The number of para-hydroxylation sites is 1. The van der Waals surface area contributed by atoms with Crippen LogP contribution in [0.15, 0.2) is 42.6 Å². The zero-order valence-corrected chi connectivity index (χ0v) is 10.3. The van der Waals surface area contributed by atoms with Crippen LogP contribution in [0.5, 0.6) is 0 Å². The second-order valence-electron chi connectivity index (χ2n) is 4.07. The van der Waals surface area contributed by atoms with Crippen LogP contribution in [-0.2, 0) is 0 Å². The predicted molar refractivity (Wildman–Crippen MR) is 72.9 cm³/mol. The van der Waals surface area contributed by atoms with Crippen molar-refractivity contribution in [3.05, 3.63) is 64.0 Å². The summed E-state index contributed by atoms with van der Waals surface area (Å²) in [5.74, 6) is 0. The first-order valence-electron chi connectivity index (χ1n) is 5.66. The molecule has 0 spiro atoms. The summed E-state index contributed by atoms with van der Waals surface area (Å²) in [6.45, 7) is 4.12. The van der Waals surface area contributed by atoms with Crippen LogP contribution in [0.3, 0.4) is 0 Å². The summed E-state index contributed by atoms with van der Waals surface area (Å²) in [5, 5.41) is 11.4. The minimum atomic E-state index is -0.476. The van der Waals surface area contributed by atoms with E-state index in [0.29, 0.717) is 0 Å². The molecule has 2 aromatic rings. The van der Waals surface area contributed by atoms with E-state index in [9.17, 15) is 10.1 Å². The third kappa shape index (κ3) is 2.18. The fraction of sp³-hybridized carbons (Fsp3) is 0.143. The third-order valence-corrected chi connectivity index (χ3v) is 3.03. The fourth-order valence-electron chi connectivity index (χ4n) is 2.00. The molecule has 0 unspecified atom stereocenters. The third-order valence-electron chi connectivity index (χ3n) is 3.03. The normalized spacial score (nSPS) is 11.9. The van der Waals surface area contributed by atoms with E-state index in [1.165, 1.54) is 17.0 Å². The molecule has 18 heavy (non-hydrogen) atoms. The van der Waals surface area contributed by atoms with E-state index in [-0.39, 0.29) is 0 Å². The molecule has 0 amide bonds. The number of benzene rings is 1. The zero-order chi connectivity index (χ0) is 13.1. The lowest BCUT2D eigenvalue weighted by molar-refractivity contribution is -0.402. The molecule has 4 heteroatoms. The number of fused-ring (bicyclic) bond motifs is 1. The molecule has 1 aromatic carbocycles. The van der Waals surface area contributed by atoms with Crippen LogP contribution in [-0.4, -0.2) is 9.49 Å². The van der Waals surface area contributed by atoms with Crippen LogP contribution in [0.2, 0.25) is 0 Å². The molecule has 0 atom stereocenters. The lowest BCUT2D eigenvalue weighted by Crippen LogP contribution is -1.89. The van der Waals surface area contributed by atoms with Gasteiger partial charge in [0.25, 0.3) is 0 Å². The molecule has 0 aliphatic rings. The van der Waals surface area contributed by atoms with Gasteiger partial charge in [-0.15, -0.1) is 0 Å². The number of hydrogen-bond acceptors (Lipinski definition) is 2. The van der Waals surface area contributed by atoms with Crippen LogP contribution in [0, 0.1) is 24.0 Å². The van der Waals surface area contributed by atoms with Gasteiger partial charge in [-0.1, -0.05) is 18.2 Å². The summed E-state index contributed by atoms with van der Waals surface area (Å²) in [6, 6.07) is 8.11. The van der Waals surface area contributed by atoms with Crippen molar-refractivity contribution < 1.29 is 4.92 Å². The first-order valence-corrected chi connectivity index (χ1v) is 5.66. The first-order chi connectivity index (χ1) is 8.61. The zero-order valence-electron chi connectivity index (χ0n) is 10.3. The van der Waals surface area contributed by atoms with E-state index in [1.54, 1.807) is 6.08 Å². The lowest BCUT2D eigenvalue weighted by atomic mass is 10.2. The maximum Gasteiger partial charge on any atom is 0.234 e. The van der Waals surface area contributed by atoms with E-state index >= 15 is 0 Å². The van der Waals surface area contributed by atoms with E-state index in [0.717, 1.165) is 17.4 Å². The van der Waals surface area contributed by atoms with Crippen LogP contribution in [0.25, 0.3) is 17.1 Å². The van der Waals surface area contributed by atoms with Crippen molar-refractivity contribution in [2.45, 2.75) is 13.8 Å². The second-order valence-corrected chi connectivity index (χ2v) is 4.07. The van der Waals surface area contributed by atoms with Crippen LogP contribution in [0.1, 0.15) is 11.3 Å². The van der Waals surface area contributed by atoms with Gasteiger partial charge in [0.05, 0.1) is 10.4 Å². The van der Waals surface area contributed by atoms with Crippen molar-refractivity contribution in [3.63, 3.8) is 0 Å². The Hall–Kier alpha value is -2.36. The summed E-state index contributed by atoms with van der Waals surface area (Å²) in [6.07, 6.45) is 5.85. The predicted octanol–water partition coefficient (Wildman–Crippen LogP) is 3.52. The van der Waals surface area contributed by atoms with Gasteiger partial charge in [-0.05, 0) is 31.6 Å². The number of aryl methyl sites for hydroxylation is 1. The Labute approximate surface area is 105 Å². The highest BCUT2D eigenvalue weighted by molar-refractivity contribution is 5.87. The molecular formula is C14H14N2O2. The van der Waals surface area contributed by atoms with Crippen molar-refractivity contribution >= 4 is 17.1 Å². The Morgan fingerprint density at radius 3 is 2.67 bits per heavy atom. The smallest absolute Gasteiger partial charge is 0.234 e. The van der Waals surface area contributed by atoms with Crippen molar-refractivity contribution in [1.29, 1.82) is 0 Å². The molecule has 0 N–H and O–H groups in total. The summed E-state index contributed by atoms with van der Waals surface area (Å²) < 4.78 is 2.04. The van der Waals surface area contributed by atoms with Gasteiger partial charge in [-0.2, -0.15) is 0 Å². The lowest BCUT2D eigenvalue weighted by Gasteiger charge is -1.99. The van der Waals surface area contributed by atoms with Crippen LogP contribution in [0.4, 0.5) is 0 Å². The average molecular weight is 242 g/mol. The molecular weight excluding hydrogens is 228 g/mol. The van der Waals surface area contributed by atoms with E-state index in [2.05, 4.69) is 13.0 Å². The minimum Gasteiger partial charge on any atom is -0.320 e. The van der Waals surface area contributed by atoms with Crippen molar-refractivity contribution in [3.8, 4) is 0 Å². The van der Waals surface area contributed by atoms with Crippen LogP contribution < -0.4 is 0 Å².